The van der Waals surface area contributed by atoms with Gasteiger partial charge >= 0.3 is 5.97 Å². The first-order chi connectivity index (χ1) is 16.1. The molecule has 33 heavy (non-hydrogen) atoms. The molecule has 1 N–H and O–H groups in total. The third-order valence-electron chi connectivity index (χ3n) is 6.03. The number of nitrogens with zero attached hydrogens (tertiary/aromatic N) is 2. The van der Waals surface area contributed by atoms with Crippen LogP contribution in [0.1, 0.15) is 41.6 Å². The van der Waals surface area contributed by atoms with E-state index in [9.17, 15) is 4.79 Å². The molecule has 0 spiro atoms. The fraction of sp³-hybridized carbons (Fsp3) is 0.148. The summed E-state index contributed by atoms with van der Waals surface area (Å²) in [4.78, 5) is 20.1. The number of fused-ring (bicyclic) bond motifs is 1. The molecule has 4 nitrogen and oxygen atoms in total. The number of pyridine rings is 1. The van der Waals surface area contributed by atoms with Crippen LogP contribution in [-0.4, -0.2) is 21.0 Å². The lowest BCUT2D eigenvalue weighted by atomic mass is 9.74. The fourth-order valence-electron chi connectivity index (χ4n) is 4.22. The topological polar surface area (TPSA) is 63.1 Å². The van der Waals surface area contributed by atoms with Crippen LogP contribution in [-0.2, 0) is 4.79 Å². The zero-order chi connectivity index (χ0) is 22.8. The average Bonchev–Trinajstić information content (AvgIpc) is 3.25. The maximum atomic E-state index is 10.9. The summed E-state index contributed by atoms with van der Waals surface area (Å²) in [5.41, 5.74) is 8.87. The quantitative estimate of drug-likeness (QED) is 0.301. The first-order valence-corrected chi connectivity index (χ1v) is 12.1. The molecule has 0 saturated heterocycles. The smallest absolute Gasteiger partial charge is 0.328 e. The minimum absolute atomic E-state index is 0.380. The Labute approximate surface area is 200 Å². The van der Waals surface area contributed by atoms with E-state index in [0.29, 0.717) is 10.9 Å². The van der Waals surface area contributed by atoms with Crippen LogP contribution >= 0.6 is 22.9 Å². The van der Waals surface area contributed by atoms with Gasteiger partial charge < -0.3 is 5.11 Å². The van der Waals surface area contributed by atoms with E-state index < -0.39 is 5.97 Å². The van der Waals surface area contributed by atoms with Gasteiger partial charge in [-0.1, -0.05) is 48.4 Å². The molecular formula is C27H21ClN2O2S. The second-order valence-electron chi connectivity index (χ2n) is 8.08. The van der Waals surface area contributed by atoms with Crippen LogP contribution in [0.4, 0.5) is 0 Å². The van der Waals surface area contributed by atoms with E-state index in [1.165, 1.54) is 6.42 Å². The molecule has 1 aliphatic rings. The zero-order valence-corrected chi connectivity index (χ0v) is 19.3. The van der Waals surface area contributed by atoms with Crippen LogP contribution in [0.2, 0.25) is 5.02 Å². The normalized spacial score (nSPS) is 14.9. The highest BCUT2D eigenvalue weighted by Gasteiger charge is 2.29. The van der Waals surface area contributed by atoms with Gasteiger partial charge in [-0.05, 0) is 76.9 Å². The number of hydrogen-bond acceptors (Lipinski definition) is 4. The van der Waals surface area contributed by atoms with Crippen LogP contribution in [0.3, 0.4) is 0 Å². The molecule has 0 aliphatic heterocycles. The maximum Gasteiger partial charge on any atom is 0.328 e. The zero-order valence-electron chi connectivity index (χ0n) is 17.7. The van der Waals surface area contributed by atoms with Gasteiger partial charge in [0.2, 0.25) is 0 Å². The number of allylic oxidation sites excluding steroid dienone is 1. The maximum absolute atomic E-state index is 10.9. The Morgan fingerprint density at radius 1 is 1.06 bits per heavy atom. The SMILES string of the molecule is O=C(O)C=Cc1ccc(C(=C(c2ncccc2Cl)C2CCC2)c2ccc3scnc3c2)cc1. The predicted molar refractivity (Wildman–Crippen MR) is 135 cm³/mol. The summed E-state index contributed by atoms with van der Waals surface area (Å²) in [6.07, 6.45) is 7.93. The Balaban J connectivity index is 1.74. The van der Waals surface area contributed by atoms with Gasteiger partial charge in [0, 0.05) is 12.3 Å². The van der Waals surface area contributed by atoms with Gasteiger partial charge in [0.15, 0.2) is 0 Å². The fourth-order valence-corrected chi connectivity index (χ4v) is 5.10. The lowest BCUT2D eigenvalue weighted by Crippen LogP contribution is -2.16. The van der Waals surface area contributed by atoms with Gasteiger partial charge in [0.25, 0.3) is 0 Å². The first kappa shape index (κ1) is 21.6. The molecule has 1 fully saturated rings. The number of aliphatic carboxylic acids is 1. The molecule has 4 aromatic rings. The molecule has 5 rings (SSSR count). The molecule has 2 aromatic carbocycles. The molecule has 0 atom stereocenters. The third-order valence-corrected chi connectivity index (χ3v) is 7.15. The molecule has 1 saturated carbocycles. The number of halogens is 1. The van der Waals surface area contributed by atoms with Crippen molar-refractivity contribution in [3.63, 3.8) is 0 Å². The van der Waals surface area contributed by atoms with Crippen molar-refractivity contribution < 1.29 is 9.90 Å². The summed E-state index contributed by atoms with van der Waals surface area (Å²) in [5, 5.41) is 9.58. The Kier molecular flexibility index (Phi) is 6.07. The third kappa shape index (κ3) is 4.47. The Hall–Kier alpha value is -3.28. The van der Waals surface area contributed by atoms with Gasteiger partial charge in [-0.25, -0.2) is 9.78 Å². The van der Waals surface area contributed by atoms with Crippen molar-refractivity contribution in [1.82, 2.24) is 9.97 Å². The van der Waals surface area contributed by atoms with E-state index in [1.807, 2.05) is 41.9 Å². The number of rotatable bonds is 6. The molecule has 2 aromatic heterocycles. The van der Waals surface area contributed by atoms with E-state index in [4.69, 9.17) is 21.7 Å². The second-order valence-corrected chi connectivity index (χ2v) is 9.37. The second kappa shape index (κ2) is 9.30. The minimum atomic E-state index is -0.965. The van der Waals surface area contributed by atoms with Crippen molar-refractivity contribution in [3.8, 4) is 0 Å². The molecule has 2 heterocycles. The van der Waals surface area contributed by atoms with Crippen LogP contribution in [0.15, 0.2) is 72.4 Å². The van der Waals surface area contributed by atoms with Gasteiger partial charge in [-0.3, -0.25) is 4.98 Å². The van der Waals surface area contributed by atoms with Crippen molar-refractivity contribution in [2.75, 3.05) is 0 Å². The predicted octanol–water partition coefficient (Wildman–Crippen LogP) is 7.20. The average molecular weight is 473 g/mol. The minimum Gasteiger partial charge on any atom is -0.478 e. The van der Waals surface area contributed by atoms with E-state index in [0.717, 1.165) is 62.7 Å². The van der Waals surface area contributed by atoms with Crippen molar-refractivity contribution in [3.05, 3.63) is 99.8 Å². The Bertz CT molecular complexity index is 1380. The number of carbonyl (C=O) groups is 1. The molecule has 0 amide bonds. The number of carboxylic acids is 1. The number of aromatic nitrogens is 2. The van der Waals surface area contributed by atoms with Crippen LogP contribution < -0.4 is 0 Å². The van der Waals surface area contributed by atoms with E-state index in [1.54, 1.807) is 23.6 Å². The largest absolute Gasteiger partial charge is 0.478 e. The lowest BCUT2D eigenvalue weighted by molar-refractivity contribution is -0.131. The molecule has 1 aliphatic carbocycles. The van der Waals surface area contributed by atoms with Gasteiger partial charge in [-0.2, -0.15) is 0 Å². The van der Waals surface area contributed by atoms with Gasteiger partial charge in [0.05, 0.1) is 26.4 Å². The van der Waals surface area contributed by atoms with Crippen molar-refractivity contribution in [2.24, 2.45) is 5.92 Å². The van der Waals surface area contributed by atoms with Crippen LogP contribution in [0.25, 0.3) is 27.4 Å². The highest BCUT2D eigenvalue weighted by molar-refractivity contribution is 7.16. The highest BCUT2D eigenvalue weighted by Crippen LogP contribution is 2.46. The summed E-state index contributed by atoms with van der Waals surface area (Å²) in [7, 11) is 0. The summed E-state index contributed by atoms with van der Waals surface area (Å²) < 4.78 is 1.15. The van der Waals surface area contributed by atoms with E-state index >= 15 is 0 Å². The lowest BCUT2D eigenvalue weighted by Gasteiger charge is -2.31. The number of thiazole rings is 1. The summed E-state index contributed by atoms with van der Waals surface area (Å²) in [6.45, 7) is 0. The summed E-state index contributed by atoms with van der Waals surface area (Å²) in [6, 6.07) is 18.1. The van der Waals surface area contributed by atoms with Crippen molar-refractivity contribution >= 4 is 56.3 Å². The highest BCUT2D eigenvalue weighted by atomic mass is 35.5. The number of benzene rings is 2. The number of carboxylic acid groups (broad SMARTS) is 1. The summed E-state index contributed by atoms with van der Waals surface area (Å²) in [5.74, 6) is -0.585. The van der Waals surface area contributed by atoms with E-state index in [2.05, 4.69) is 23.2 Å². The standard InChI is InChI=1S/C27H21ClN2O2S/c28-21-5-2-14-29-27(21)26(18-3-1-4-18)25(20-11-12-23-22(15-20)30-16-33-23)19-9-6-17(7-10-19)8-13-24(31)32/h2,5-16,18H,1,3-4H2,(H,31,32). The van der Waals surface area contributed by atoms with Crippen molar-refractivity contribution in [2.45, 2.75) is 19.3 Å². The number of hydrogen-bond donors (Lipinski definition) is 1. The Morgan fingerprint density at radius 2 is 1.85 bits per heavy atom. The van der Waals surface area contributed by atoms with Crippen molar-refractivity contribution in [1.29, 1.82) is 0 Å². The molecule has 6 heteroatoms. The van der Waals surface area contributed by atoms with Crippen LogP contribution in [0, 0.1) is 5.92 Å². The molecule has 164 valence electrons. The summed E-state index contributed by atoms with van der Waals surface area (Å²) >= 11 is 8.29. The Morgan fingerprint density at radius 3 is 2.55 bits per heavy atom. The van der Waals surface area contributed by atoms with Crippen LogP contribution in [0.5, 0.6) is 0 Å². The molecule has 0 unspecified atom stereocenters. The monoisotopic (exact) mass is 472 g/mol. The molecule has 0 bridgehead atoms. The van der Waals surface area contributed by atoms with Gasteiger partial charge in [-0.15, -0.1) is 11.3 Å². The first-order valence-electron chi connectivity index (χ1n) is 10.8. The molecule has 0 radical (unpaired) electrons. The van der Waals surface area contributed by atoms with Gasteiger partial charge in [0.1, 0.15) is 0 Å². The van der Waals surface area contributed by atoms with E-state index in [-0.39, 0.29) is 0 Å². The molecular weight excluding hydrogens is 452 g/mol.